The molecule has 0 aromatic heterocycles. The normalized spacial score (nSPS) is 10.2. The maximum atomic E-state index is 4.77. The molecule has 3 heteroatoms. The molecule has 0 spiro atoms. The average Bonchev–Trinajstić information content (AvgIpc) is 1.81. The van der Waals surface area contributed by atoms with Gasteiger partial charge in [-0.05, 0) is 6.08 Å². The predicted octanol–water partition coefficient (Wildman–Crippen LogP) is 1.05. The van der Waals surface area contributed by atoms with Gasteiger partial charge in [0.05, 0.1) is 6.26 Å². The Hall–Kier alpha value is -0.150. The lowest BCUT2D eigenvalue weighted by Crippen LogP contribution is -1.87. The van der Waals surface area contributed by atoms with Crippen LogP contribution >= 0.6 is 12.6 Å². The largest absolute Gasteiger partial charge is 0.475 e. The molecule has 0 unspecified atom stereocenters. The predicted molar refractivity (Wildman–Crippen MR) is 36.0 cm³/mol. The molecule has 0 saturated heterocycles. The quantitative estimate of drug-likeness (QED) is 0.268. The lowest BCUT2D eigenvalue weighted by molar-refractivity contribution is 0.0198. The Kier molecular flexibility index (Phi) is 6.72. The van der Waals surface area contributed by atoms with Gasteiger partial charge in [0.2, 0.25) is 0 Å². The van der Waals surface area contributed by atoms with Crippen LogP contribution in [0, 0.1) is 0 Å². The van der Waals surface area contributed by atoms with Gasteiger partial charge in [-0.15, -0.1) is 0 Å². The smallest absolute Gasteiger partial charge is 0.187 e. The van der Waals surface area contributed by atoms with Gasteiger partial charge in [0.1, 0.15) is 0 Å². The third kappa shape index (κ3) is 5.85. The van der Waals surface area contributed by atoms with Crippen molar-refractivity contribution in [3.05, 3.63) is 12.3 Å². The minimum atomic E-state index is 0.310. The molecule has 48 valence electrons. The summed E-state index contributed by atoms with van der Waals surface area (Å²) < 4.78 is 9.36. The molecule has 2 nitrogen and oxygen atoms in total. The summed E-state index contributed by atoms with van der Waals surface area (Å²) in [6, 6.07) is 0. The second-order valence-corrected chi connectivity index (χ2v) is 1.49. The molecule has 0 bridgehead atoms. The van der Waals surface area contributed by atoms with Crippen molar-refractivity contribution < 1.29 is 9.47 Å². The van der Waals surface area contributed by atoms with E-state index in [1.807, 2.05) is 0 Å². The fourth-order valence-corrected chi connectivity index (χ4v) is 0.304. The van der Waals surface area contributed by atoms with Crippen LogP contribution in [-0.4, -0.2) is 19.7 Å². The highest BCUT2D eigenvalue weighted by molar-refractivity contribution is 7.80. The Balaban J connectivity index is 2.80. The van der Waals surface area contributed by atoms with E-state index in [0.717, 1.165) is 0 Å². The van der Waals surface area contributed by atoms with Crippen molar-refractivity contribution >= 4 is 12.6 Å². The molecule has 0 rings (SSSR count). The Morgan fingerprint density at radius 2 is 2.38 bits per heavy atom. The summed E-state index contributed by atoms with van der Waals surface area (Å²) in [5, 5.41) is 0. The van der Waals surface area contributed by atoms with Crippen molar-refractivity contribution in [2.45, 2.75) is 0 Å². The second-order valence-electron chi connectivity index (χ2n) is 1.13. The monoisotopic (exact) mass is 134 g/mol. The fraction of sp³-hybridized carbons (Fsp3) is 0.600. The van der Waals surface area contributed by atoms with Crippen LogP contribution in [0.3, 0.4) is 0 Å². The van der Waals surface area contributed by atoms with Crippen LogP contribution in [0.2, 0.25) is 0 Å². The van der Waals surface area contributed by atoms with Gasteiger partial charge in [0, 0.05) is 12.9 Å². The van der Waals surface area contributed by atoms with Gasteiger partial charge in [0.25, 0.3) is 0 Å². The number of rotatable bonds is 4. The van der Waals surface area contributed by atoms with Crippen molar-refractivity contribution in [2.24, 2.45) is 0 Å². The van der Waals surface area contributed by atoms with E-state index in [4.69, 9.17) is 4.74 Å². The zero-order valence-corrected chi connectivity index (χ0v) is 5.73. The molecular weight excluding hydrogens is 124 g/mol. The summed E-state index contributed by atoms with van der Waals surface area (Å²) in [5.74, 6) is 0.698. The number of thiol groups is 1. The maximum absolute atomic E-state index is 4.77. The molecule has 0 aromatic carbocycles. The molecule has 0 aliphatic rings. The molecule has 0 aliphatic carbocycles. The Labute approximate surface area is 54.9 Å². The first-order chi connectivity index (χ1) is 3.91. The van der Waals surface area contributed by atoms with Gasteiger partial charge in [-0.1, -0.05) is 0 Å². The van der Waals surface area contributed by atoms with Gasteiger partial charge in [-0.25, -0.2) is 0 Å². The minimum absolute atomic E-state index is 0.310. The summed E-state index contributed by atoms with van der Waals surface area (Å²) in [6.45, 7) is 0.310. The first-order valence-electron chi connectivity index (χ1n) is 2.28. The molecule has 0 fully saturated rings. The molecule has 0 atom stereocenters. The van der Waals surface area contributed by atoms with Crippen LogP contribution in [-0.2, 0) is 9.47 Å². The van der Waals surface area contributed by atoms with Crippen molar-refractivity contribution in [3.63, 3.8) is 0 Å². The maximum Gasteiger partial charge on any atom is 0.187 e. The summed E-state index contributed by atoms with van der Waals surface area (Å²) in [7, 11) is 1.58. The molecule has 0 aromatic rings. The first kappa shape index (κ1) is 7.85. The van der Waals surface area contributed by atoms with E-state index < -0.39 is 0 Å². The molecule has 0 aliphatic heterocycles. The van der Waals surface area contributed by atoms with Crippen LogP contribution in [0.25, 0.3) is 0 Å². The minimum Gasteiger partial charge on any atom is -0.475 e. The highest BCUT2D eigenvalue weighted by atomic mass is 32.1. The van der Waals surface area contributed by atoms with Gasteiger partial charge in [0.15, 0.2) is 6.79 Å². The molecule has 0 radical (unpaired) electrons. The molecular formula is C5H10O2S. The number of methoxy groups -OCH3 is 1. The van der Waals surface area contributed by atoms with Gasteiger partial charge >= 0.3 is 0 Å². The summed E-state index contributed by atoms with van der Waals surface area (Å²) in [4.78, 5) is 0. The highest BCUT2D eigenvalue weighted by Gasteiger charge is 1.70. The van der Waals surface area contributed by atoms with E-state index >= 15 is 0 Å². The van der Waals surface area contributed by atoms with Gasteiger partial charge < -0.3 is 9.47 Å². The van der Waals surface area contributed by atoms with Crippen molar-refractivity contribution in [2.75, 3.05) is 19.7 Å². The molecule has 0 heterocycles. The lowest BCUT2D eigenvalue weighted by Gasteiger charge is -1.94. The number of hydrogen-bond acceptors (Lipinski definition) is 3. The topological polar surface area (TPSA) is 18.5 Å². The molecule has 8 heavy (non-hydrogen) atoms. The van der Waals surface area contributed by atoms with Crippen LogP contribution in [0.1, 0.15) is 0 Å². The van der Waals surface area contributed by atoms with Crippen LogP contribution in [0.5, 0.6) is 0 Å². The first-order valence-corrected chi connectivity index (χ1v) is 2.91. The Bertz CT molecular complexity index is 63.4. The third-order valence-corrected chi connectivity index (χ3v) is 0.695. The van der Waals surface area contributed by atoms with Crippen LogP contribution < -0.4 is 0 Å². The molecule has 0 amide bonds. The van der Waals surface area contributed by atoms with Crippen molar-refractivity contribution in [3.8, 4) is 0 Å². The number of hydrogen-bond donors (Lipinski definition) is 1. The Morgan fingerprint density at radius 3 is 2.88 bits per heavy atom. The summed E-state index contributed by atoms with van der Waals surface area (Å²) in [5.41, 5.74) is 0. The highest BCUT2D eigenvalue weighted by Crippen LogP contribution is 1.79. The lowest BCUT2D eigenvalue weighted by atomic mass is 10.7. The van der Waals surface area contributed by atoms with E-state index in [9.17, 15) is 0 Å². The van der Waals surface area contributed by atoms with Gasteiger partial charge in [-0.2, -0.15) is 12.6 Å². The van der Waals surface area contributed by atoms with E-state index in [0.29, 0.717) is 12.5 Å². The third-order valence-electron chi connectivity index (χ3n) is 0.484. The van der Waals surface area contributed by atoms with E-state index in [1.165, 1.54) is 0 Å². The van der Waals surface area contributed by atoms with Crippen molar-refractivity contribution in [1.82, 2.24) is 0 Å². The van der Waals surface area contributed by atoms with Crippen LogP contribution in [0.15, 0.2) is 12.3 Å². The zero-order valence-electron chi connectivity index (χ0n) is 4.83. The number of ether oxygens (including phenoxy) is 2. The van der Waals surface area contributed by atoms with Gasteiger partial charge in [-0.3, -0.25) is 0 Å². The summed E-state index contributed by atoms with van der Waals surface area (Å²) in [6.07, 6.45) is 3.36. The Morgan fingerprint density at radius 1 is 1.62 bits per heavy atom. The van der Waals surface area contributed by atoms with E-state index in [-0.39, 0.29) is 0 Å². The fourth-order valence-electron chi connectivity index (χ4n) is 0.218. The standard InChI is InChI=1S/C5H10O2S/c1-6-5-7-3-2-4-8/h2-3,8H,4-5H2,1H3. The average molecular weight is 134 g/mol. The summed E-state index contributed by atoms with van der Waals surface area (Å²) >= 11 is 3.92. The van der Waals surface area contributed by atoms with Crippen LogP contribution in [0.4, 0.5) is 0 Å². The van der Waals surface area contributed by atoms with Crippen molar-refractivity contribution in [1.29, 1.82) is 0 Å². The molecule has 0 N–H and O–H groups in total. The zero-order chi connectivity index (χ0) is 6.24. The molecule has 0 saturated carbocycles. The SMILES string of the molecule is COCOC=CCS. The van der Waals surface area contributed by atoms with E-state index in [1.54, 1.807) is 19.4 Å². The van der Waals surface area contributed by atoms with E-state index in [2.05, 4.69) is 17.4 Å². The second kappa shape index (κ2) is 6.85.